The number of piperazine rings is 1. The lowest BCUT2D eigenvalue weighted by Crippen LogP contribution is -2.50. The van der Waals surface area contributed by atoms with E-state index in [0.29, 0.717) is 38.3 Å². The van der Waals surface area contributed by atoms with Gasteiger partial charge in [0.15, 0.2) is 0 Å². The van der Waals surface area contributed by atoms with Crippen LogP contribution in [0.5, 0.6) is 0 Å². The average molecular weight is 487 g/mol. The van der Waals surface area contributed by atoms with Crippen LogP contribution < -0.4 is 0 Å². The highest BCUT2D eigenvalue weighted by Crippen LogP contribution is 2.21. The molecule has 0 spiro atoms. The monoisotopic (exact) mass is 486 g/mol. The van der Waals surface area contributed by atoms with E-state index < -0.39 is 16.1 Å². The molecule has 6 nitrogen and oxygen atoms in total. The van der Waals surface area contributed by atoms with Gasteiger partial charge >= 0.3 is 0 Å². The highest BCUT2D eigenvalue weighted by Gasteiger charge is 2.29. The number of nitrogens with zero attached hydrogens (tertiary/aromatic N) is 2. The third-order valence-corrected chi connectivity index (χ3v) is 7.15. The molecule has 1 unspecified atom stereocenters. The number of aliphatic hydroxyl groups is 1. The Kier molecular flexibility index (Phi) is 7.78. The Balaban J connectivity index is 1.44. The quantitative estimate of drug-likeness (QED) is 0.620. The fourth-order valence-electron chi connectivity index (χ4n) is 3.20. The van der Waals surface area contributed by atoms with E-state index in [2.05, 4.69) is 15.9 Å². The third kappa shape index (κ3) is 6.07. The SMILES string of the molecule is O=S(=O)(c1cccc(Br)c1)N1CCN(CC(O)COCc2ccccc2F)CC1. The summed E-state index contributed by atoms with van der Waals surface area (Å²) in [5, 5.41) is 10.2. The predicted molar refractivity (Wildman–Crippen MR) is 111 cm³/mol. The van der Waals surface area contributed by atoms with Gasteiger partial charge in [-0.2, -0.15) is 4.31 Å². The van der Waals surface area contributed by atoms with Gasteiger partial charge in [-0.05, 0) is 24.3 Å². The number of hydrogen-bond donors (Lipinski definition) is 1. The molecule has 9 heteroatoms. The van der Waals surface area contributed by atoms with E-state index >= 15 is 0 Å². The molecule has 1 aliphatic heterocycles. The van der Waals surface area contributed by atoms with E-state index in [9.17, 15) is 17.9 Å². The van der Waals surface area contributed by atoms with Gasteiger partial charge in [0.1, 0.15) is 5.82 Å². The van der Waals surface area contributed by atoms with Gasteiger partial charge in [-0.3, -0.25) is 4.90 Å². The maximum Gasteiger partial charge on any atom is 0.243 e. The lowest BCUT2D eigenvalue weighted by molar-refractivity contribution is 0.00469. The Morgan fingerprint density at radius 3 is 2.52 bits per heavy atom. The zero-order chi connectivity index (χ0) is 20.9. The van der Waals surface area contributed by atoms with Crippen LogP contribution in [0.2, 0.25) is 0 Å². The van der Waals surface area contributed by atoms with Crippen LogP contribution in [0.3, 0.4) is 0 Å². The summed E-state index contributed by atoms with van der Waals surface area (Å²) < 4.78 is 46.7. The van der Waals surface area contributed by atoms with Gasteiger partial charge in [-0.25, -0.2) is 12.8 Å². The fraction of sp³-hybridized carbons (Fsp3) is 0.400. The van der Waals surface area contributed by atoms with Crippen molar-refractivity contribution in [2.45, 2.75) is 17.6 Å². The molecule has 3 rings (SSSR count). The standard InChI is InChI=1S/C20H24BrFN2O4S/c21-17-5-3-6-19(12-17)29(26,27)24-10-8-23(9-11-24)13-18(25)15-28-14-16-4-1-2-7-20(16)22/h1-7,12,18,25H,8-11,13-15H2. The average Bonchev–Trinajstić information content (AvgIpc) is 2.70. The number of benzene rings is 2. The van der Waals surface area contributed by atoms with Crippen LogP contribution in [-0.2, 0) is 21.4 Å². The summed E-state index contributed by atoms with van der Waals surface area (Å²) in [6, 6.07) is 13.0. The molecule has 0 aromatic heterocycles. The van der Waals surface area contributed by atoms with E-state index in [0.717, 1.165) is 4.47 Å². The summed E-state index contributed by atoms with van der Waals surface area (Å²) >= 11 is 3.30. The minimum atomic E-state index is -3.53. The second-order valence-electron chi connectivity index (χ2n) is 6.92. The molecule has 0 bridgehead atoms. The van der Waals surface area contributed by atoms with E-state index in [1.807, 2.05) is 4.90 Å². The van der Waals surface area contributed by atoms with Crippen molar-refractivity contribution in [3.05, 3.63) is 64.4 Å². The zero-order valence-corrected chi connectivity index (χ0v) is 18.3. The Bertz CT molecular complexity index is 920. The second-order valence-corrected chi connectivity index (χ2v) is 9.78. The van der Waals surface area contributed by atoms with Gasteiger partial charge in [0, 0.05) is 42.8 Å². The highest BCUT2D eigenvalue weighted by atomic mass is 79.9. The molecule has 1 heterocycles. The molecule has 0 radical (unpaired) electrons. The Hall–Kier alpha value is -1.36. The summed E-state index contributed by atoms with van der Waals surface area (Å²) in [5.74, 6) is -0.329. The van der Waals surface area contributed by atoms with Gasteiger partial charge in [0.05, 0.1) is 24.2 Å². The van der Waals surface area contributed by atoms with Gasteiger partial charge in [0.2, 0.25) is 10.0 Å². The first-order valence-corrected chi connectivity index (χ1v) is 11.6. The molecule has 158 valence electrons. The molecule has 1 aliphatic rings. The van der Waals surface area contributed by atoms with Gasteiger partial charge in [-0.15, -0.1) is 0 Å². The molecular formula is C20H24BrFN2O4S. The van der Waals surface area contributed by atoms with Crippen LogP contribution in [0.1, 0.15) is 5.56 Å². The molecule has 29 heavy (non-hydrogen) atoms. The molecule has 0 saturated carbocycles. The highest BCUT2D eigenvalue weighted by molar-refractivity contribution is 9.10. The molecule has 1 atom stereocenters. The van der Waals surface area contributed by atoms with Crippen molar-refractivity contribution in [2.75, 3.05) is 39.3 Å². The Morgan fingerprint density at radius 2 is 1.83 bits per heavy atom. The predicted octanol–water partition coefficient (Wildman–Crippen LogP) is 2.47. The molecule has 1 saturated heterocycles. The van der Waals surface area contributed by atoms with Gasteiger partial charge in [-0.1, -0.05) is 40.2 Å². The van der Waals surface area contributed by atoms with Crippen LogP contribution in [0, 0.1) is 5.82 Å². The first kappa shape index (κ1) is 22.3. The number of rotatable bonds is 8. The van der Waals surface area contributed by atoms with Crippen molar-refractivity contribution in [1.29, 1.82) is 0 Å². The van der Waals surface area contributed by atoms with E-state index in [1.165, 1.54) is 10.4 Å². The summed E-state index contributed by atoms with van der Waals surface area (Å²) in [4.78, 5) is 2.27. The fourth-order valence-corrected chi connectivity index (χ4v) is 5.22. The van der Waals surface area contributed by atoms with E-state index in [4.69, 9.17) is 4.74 Å². The Morgan fingerprint density at radius 1 is 1.10 bits per heavy atom. The van der Waals surface area contributed by atoms with Crippen LogP contribution >= 0.6 is 15.9 Å². The lowest BCUT2D eigenvalue weighted by atomic mass is 10.2. The summed E-state index contributed by atoms with van der Waals surface area (Å²) in [5.41, 5.74) is 0.450. The van der Waals surface area contributed by atoms with Crippen LogP contribution in [0.25, 0.3) is 0 Å². The van der Waals surface area contributed by atoms with Gasteiger partial charge < -0.3 is 9.84 Å². The molecule has 2 aromatic rings. The lowest BCUT2D eigenvalue weighted by Gasteiger charge is -2.34. The van der Waals surface area contributed by atoms with Crippen molar-refractivity contribution in [1.82, 2.24) is 9.21 Å². The minimum Gasteiger partial charge on any atom is -0.389 e. The number of hydrogen-bond acceptors (Lipinski definition) is 5. The maximum absolute atomic E-state index is 13.6. The first-order valence-electron chi connectivity index (χ1n) is 9.33. The number of ether oxygens (including phenoxy) is 1. The van der Waals surface area contributed by atoms with Crippen molar-refractivity contribution < 1.29 is 22.7 Å². The maximum atomic E-state index is 13.6. The van der Waals surface area contributed by atoms with Crippen LogP contribution in [0.15, 0.2) is 57.9 Å². The van der Waals surface area contributed by atoms with Crippen molar-refractivity contribution in [2.24, 2.45) is 0 Å². The summed E-state index contributed by atoms with van der Waals surface area (Å²) in [6.07, 6.45) is -0.727. The van der Waals surface area contributed by atoms with Crippen molar-refractivity contribution in [3.63, 3.8) is 0 Å². The minimum absolute atomic E-state index is 0.0882. The number of aliphatic hydroxyl groups excluding tert-OH is 1. The van der Waals surface area contributed by atoms with Crippen LogP contribution in [0.4, 0.5) is 4.39 Å². The first-order chi connectivity index (χ1) is 13.9. The Labute approximate surface area is 179 Å². The van der Waals surface area contributed by atoms with Crippen molar-refractivity contribution >= 4 is 26.0 Å². The molecular weight excluding hydrogens is 463 g/mol. The largest absolute Gasteiger partial charge is 0.389 e. The van der Waals surface area contributed by atoms with E-state index in [1.54, 1.807) is 42.5 Å². The van der Waals surface area contributed by atoms with E-state index in [-0.39, 0.29) is 23.9 Å². The van der Waals surface area contributed by atoms with Crippen molar-refractivity contribution in [3.8, 4) is 0 Å². The topological polar surface area (TPSA) is 70.1 Å². The van der Waals surface area contributed by atoms with Gasteiger partial charge in [0.25, 0.3) is 0 Å². The zero-order valence-electron chi connectivity index (χ0n) is 15.9. The summed E-state index contributed by atoms with van der Waals surface area (Å²) in [6.45, 7) is 2.33. The van der Waals surface area contributed by atoms with Crippen LogP contribution in [-0.4, -0.2) is 68.2 Å². The normalized spacial score (nSPS) is 17.3. The second kappa shape index (κ2) is 10.1. The third-order valence-electron chi connectivity index (χ3n) is 4.76. The number of halogens is 2. The number of β-amino-alcohol motifs (C(OH)–C–C–N with tert-alkyl or cyclic N) is 1. The molecule has 2 aromatic carbocycles. The molecule has 1 fully saturated rings. The number of sulfonamides is 1. The molecule has 1 N–H and O–H groups in total. The molecule has 0 amide bonds. The molecule has 0 aliphatic carbocycles. The summed E-state index contributed by atoms with van der Waals surface area (Å²) in [7, 11) is -3.53. The smallest absolute Gasteiger partial charge is 0.243 e.